The van der Waals surface area contributed by atoms with Gasteiger partial charge in [-0.25, -0.2) is 0 Å². The van der Waals surface area contributed by atoms with Crippen molar-refractivity contribution in [3.8, 4) is 12.1 Å². The third kappa shape index (κ3) is 2.60. The highest BCUT2D eigenvalue weighted by atomic mass is 14.9. The maximum atomic E-state index is 9.26. The number of aryl methyl sites for hydroxylation is 3. The molecule has 0 atom stereocenters. The minimum absolute atomic E-state index is 0.525. The highest BCUT2D eigenvalue weighted by Crippen LogP contribution is 2.26. The number of nitrogens with one attached hydrogen (secondary N) is 1. The molecule has 1 heterocycles. The number of benzene rings is 1. The van der Waals surface area contributed by atoms with Crippen molar-refractivity contribution in [1.29, 1.82) is 10.5 Å². The molecule has 20 heavy (non-hydrogen) atoms. The van der Waals surface area contributed by atoms with Crippen LogP contribution in [0.1, 0.15) is 28.1 Å². The van der Waals surface area contributed by atoms with Crippen molar-refractivity contribution in [3.05, 3.63) is 52.3 Å². The lowest BCUT2D eigenvalue weighted by atomic mass is 10.1. The second-order valence-electron chi connectivity index (χ2n) is 4.65. The average molecular weight is 262 g/mol. The topological polar surface area (TPSA) is 72.5 Å². The van der Waals surface area contributed by atoms with Crippen molar-refractivity contribution in [2.75, 3.05) is 5.32 Å². The van der Waals surface area contributed by atoms with E-state index in [9.17, 15) is 5.26 Å². The van der Waals surface area contributed by atoms with Crippen LogP contribution in [-0.4, -0.2) is 4.98 Å². The standard InChI is InChI=1S/C16H14N4/c1-10-4-5-13(8-17)7-15(10)20-16-6-11(2)19-12(3)14(16)9-18/h4-7H,1-3H3,(H,19,20). The van der Waals surface area contributed by atoms with Crippen LogP contribution in [0.15, 0.2) is 24.3 Å². The molecule has 2 aromatic rings. The quantitative estimate of drug-likeness (QED) is 0.899. The largest absolute Gasteiger partial charge is 0.354 e. The van der Waals surface area contributed by atoms with E-state index in [1.165, 1.54) is 0 Å². The van der Waals surface area contributed by atoms with E-state index in [1.807, 2.05) is 32.9 Å². The highest BCUT2D eigenvalue weighted by Gasteiger charge is 2.09. The maximum absolute atomic E-state index is 9.26. The fourth-order valence-electron chi connectivity index (χ4n) is 2.04. The molecule has 4 heteroatoms. The molecule has 98 valence electrons. The molecule has 0 spiro atoms. The summed E-state index contributed by atoms with van der Waals surface area (Å²) in [5, 5.41) is 21.5. The Morgan fingerprint density at radius 1 is 1.00 bits per heavy atom. The fraction of sp³-hybridized carbons (Fsp3) is 0.188. The van der Waals surface area contributed by atoms with Gasteiger partial charge in [0, 0.05) is 11.4 Å². The first-order chi connectivity index (χ1) is 9.55. The number of aromatic nitrogens is 1. The number of pyridine rings is 1. The molecule has 0 saturated heterocycles. The molecule has 0 aliphatic rings. The smallest absolute Gasteiger partial charge is 0.103 e. The van der Waals surface area contributed by atoms with Crippen molar-refractivity contribution in [2.45, 2.75) is 20.8 Å². The molecule has 0 aliphatic carbocycles. The molecule has 0 saturated carbocycles. The van der Waals surface area contributed by atoms with E-state index in [-0.39, 0.29) is 0 Å². The van der Waals surface area contributed by atoms with Crippen molar-refractivity contribution >= 4 is 11.4 Å². The van der Waals surface area contributed by atoms with Gasteiger partial charge in [0.15, 0.2) is 0 Å². The van der Waals surface area contributed by atoms with Crippen LogP contribution >= 0.6 is 0 Å². The van der Waals surface area contributed by atoms with E-state index in [0.717, 1.165) is 22.6 Å². The number of hydrogen-bond donors (Lipinski definition) is 1. The summed E-state index contributed by atoms with van der Waals surface area (Å²) < 4.78 is 0. The second-order valence-corrected chi connectivity index (χ2v) is 4.65. The third-order valence-corrected chi connectivity index (χ3v) is 3.08. The normalized spacial score (nSPS) is 9.65. The van der Waals surface area contributed by atoms with Gasteiger partial charge in [-0.3, -0.25) is 4.98 Å². The SMILES string of the molecule is Cc1cc(Nc2cc(C#N)ccc2C)c(C#N)c(C)n1. The molecule has 0 fully saturated rings. The van der Waals surface area contributed by atoms with Crippen LogP contribution in [0.5, 0.6) is 0 Å². The Morgan fingerprint density at radius 2 is 1.75 bits per heavy atom. The first kappa shape index (κ1) is 13.6. The minimum atomic E-state index is 0.525. The summed E-state index contributed by atoms with van der Waals surface area (Å²) in [5.74, 6) is 0. The van der Waals surface area contributed by atoms with Crippen molar-refractivity contribution in [2.24, 2.45) is 0 Å². The van der Waals surface area contributed by atoms with E-state index in [1.54, 1.807) is 12.1 Å². The Labute approximate surface area is 118 Å². The zero-order valence-electron chi connectivity index (χ0n) is 11.7. The first-order valence-corrected chi connectivity index (χ1v) is 6.21. The van der Waals surface area contributed by atoms with Crippen LogP contribution in [0.3, 0.4) is 0 Å². The maximum Gasteiger partial charge on any atom is 0.103 e. The summed E-state index contributed by atoms with van der Waals surface area (Å²) in [6.07, 6.45) is 0. The molecular weight excluding hydrogens is 248 g/mol. The van der Waals surface area contributed by atoms with Gasteiger partial charge < -0.3 is 5.32 Å². The summed E-state index contributed by atoms with van der Waals surface area (Å²) in [7, 11) is 0. The Bertz CT molecular complexity index is 748. The van der Waals surface area contributed by atoms with E-state index in [4.69, 9.17) is 5.26 Å². The molecular formula is C16H14N4. The zero-order valence-corrected chi connectivity index (χ0v) is 11.7. The van der Waals surface area contributed by atoms with E-state index < -0.39 is 0 Å². The average Bonchev–Trinajstić information content (AvgIpc) is 2.41. The lowest BCUT2D eigenvalue weighted by Gasteiger charge is -2.13. The highest BCUT2D eigenvalue weighted by molar-refractivity contribution is 5.70. The Balaban J connectivity index is 2.51. The number of nitrogens with zero attached hydrogens (tertiary/aromatic N) is 3. The molecule has 0 amide bonds. The Morgan fingerprint density at radius 3 is 2.40 bits per heavy atom. The van der Waals surface area contributed by atoms with Crippen molar-refractivity contribution < 1.29 is 0 Å². The molecule has 1 N–H and O–H groups in total. The number of nitriles is 2. The van der Waals surface area contributed by atoms with Gasteiger partial charge in [0.05, 0.1) is 28.6 Å². The first-order valence-electron chi connectivity index (χ1n) is 6.21. The van der Waals surface area contributed by atoms with Crippen LogP contribution in [0.25, 0.3) is 0 Å². The minimum Gasteiger partial charge on any atom is -0.354 e. The molecule has 0 aliphatic heterocycles. The van der Waals surface area contributed by atoms with E-state index >= 15 is 0 Å². The van der Waals surface area contributed by atoms with Gasteiger partial charge in [-0.2, -0.15) is 10.5 Å². The Hall–Kier alpha value is -2.85. The van der Waals surface area contributed by atoms with Crippen LogP contribution < -0.4 is 5.32 Å². The van der Waals surface area contributed by atoms with Crippen LogP contribution in [0.4, 0.5) is 11.4 Å². The number of hydrogen-bond acceptors (Lipinski definition) is 4. The molecule has 1 aromatic heterocycles. The van der Waals surface area contributed by atoms with Gasteiger partial charge in [-0.1, -0.05) is 6.07 Å². The van der Waals surface area contributed by atoms with Gasteiger partial charge in [0.25, 0.3) is 0 Å². The Kier molecular flexibility index (Phi) is 3.68. The van der Waals surface area contributed by atoms with E-state index in [2.05, 4.69) is 22.4 Å². The lowest BCUT2D eigenvalue weighted by Crippen LogP contribution is -2.01. The van der Waals surface area contributed by atoms with Gasteiger partial charge >= 0.3 is 0 Å². The summed E-state index contributed by atoms with van der Waals surface area (Å²) in [6.45, 7) is 5.66. The predicted molar refractivity (Wildman–Crippen MR) is 77.6 cm³/mol. The predicted octanol–water partition coefficient (Wildman–Crippen LogP) is 3.49. The number of anilines is 2. The van der Waals surface area contributed by atoms with Gasteiger partial charge in [-0.15, -0.1) is 0 Å². The van der Waals surface area contributed by atoms with Gasteiger partial charge in [0.2, 0.25) is 0 Å². The molecule has 2 rings (SSSR count). The molecule has 1 aromatic carbocycles. The summed E-state index contributed by atoms with van der Waals surface area (Å²) >= 11 is 0. The number of rotatable bonds is 2. The second kappa shape index (κ2) is 5.42. The fourth-order valence-corrected chi connectivity index (χ4v) is 2.04. The zero-order chi connectivity index (χ0) is 14.7. The summed E-state index contributed by atoms with van der Waals surface area (Å²) in [5.41, 5.74) is 5.21. The van der Waals surface area contributed by atoms with Crippen LogP contribution in [0.2, 0.25) is 0 Å². The monoisotopic (exact) mass is 262 g/mol. The van der Waals surface area contributed by atoms with Crippen LogP contribution in [-0.2, 0) is 0 Å². The lowest BCUT2D eigenvalue weighted by molar-refractivity contribution is 1.11. The van der Waals surface area contributed by atoms with E-state index in [0.29, 0.717) is 16.8 Å². The van der Waals surface area contributed by atoms with Gasteiger partial charge in [0.1, 0.15) is 6.07 Å². The van der Waals surface area contributed by atoms with Crippen molar-refractivity contribution in [3.63, 3.8) is 0 Å². The van der Waals surface area contributed by atoms with Crippen LogP contribution in [0, 0.1) is 43.4 Å². The molecule has 0 radical (unpaired) electrons. The summed E-state index contributed by atoms with van der Waals surface area (Å²) in [6, 6.07) is 11.6. The summed E-state index contributed by atoms with van der Waals surface area (Å²) in [4.78, 5) is 4.29. The van der Waals surface area contributed by atoms with Crippen molar-refractivity contribution in [1.82, 2.24) is 4.98 Å². The molecule has 0 unspecified atom stereocenters. The molecule has 0 bridgehead atoms. The molecule has 4 nitrogen and oxygen atoms in total. The third-order valence-electron chi connectivity index (χ3n) is 3.08. The van der Waals surface area contributed by atoms with Gasteiger partial charge in [-0.05, 0) is 44.5 Å².